The van der Waals surface area contributed by atoms with Gasteiger partial charge in [0.05, 0.1) is 24.0 Å². The molecule has 0 radical (unpaired) electrons. The van der Waals surface area contributed by atoms with E-state index in [4.69, 9.17) is 0 Å². The average molecular weight is 415 g/mol. The van der Waals surface area contributed by atoms with Crippen molar-refractivity contribution in [2.75, 3.05) is 25.0 Å². The Morgan fingerprint density at radius 3 is 2.78 bits per heavy atom. The van der Waals surface area contributed by atoms with E-state index in [1.54, 1.807) is 35.4 Å². The minimum atomic E-state index is -0.151. The van der Waals surface area contributed by atoms with Crippen LogP contribution in [0.2, 0.25) is 0 Å². The number of amides is 2. The van der Waals surface area contributed by atoms with Crippen molar-refractivity contribution in [3.05, 3.63) is 42.5 Å². The van der Waals surface area contributed by atoms with Crippen LogP contribution in [0.3, 0.4) is 0 Å². The Hall–Kier alpha value is -2.16. The smallest absolute Gasteiger partial charge is 0.226 e. The van der Waals surface area contributed by atoms with Crippen LogP contribution >= 0.6 is 24.8 Å². The standard InChI is InChI=1S/C17H22N6O2.2ClH/c1-23-11-12(7-21-23)14-9-19-10-15(14)17(25)20-6-4-16(24)22-13-3-2-5-18-8-13;;/h2-3,5,7-8,11,14-15,19H,4,6,9-10H2,1H3,(H,20,25)(H,22,24);2*1H/t14-,15+;;/m1../s1. The molecule has 1 fully saturated rings. The van der Waals surface area contributed by atoms with Gasteiger partial charge in [-0.25, -0.2) is 0 Å². The Bertz CT molecular complexity index is 740. The predicted molar refractivity (Wildman–Crippen MR) is 107 cm³/mol. The van der Waals surface area contributed by atoms with Crippen molar-refractivity contribution >= 4 is 42.3 Å². The molecule has 1 aliphatic heterocycles. The van der Waals surface area contributed by atoms with E-state index < -0.39 is 0 Å². The molecule has 2 aromatic heterocycles. The molecule has 0 spiro atoms. The van der Waals surface area contributed by atoms with Gasteiger partial charge in [0.15, 0.2) is 0 Å². The highest BCUT2D eigenvalue weighted by atomic mass is 35.5. The topological polar surface area (TPSA) is 101 Å². The summed E-state index contributed by atoms with van der Waals surface area (Å²) in [4.78, 5) is 28.3. The van der Waals surface area contributed by atoms with Gasteiger partial charge < -0.3 is 16.0 Å². The van der Waals surface area contributed by atoms with Gasteiger partial charge in [0, 0.05) is 51.4 Å². The summed E-state index contributed by atoms with van der Waals surface area (Å²) in [7, 11) is 1.86. The fourth-order valence-electron chi connectivity index (χ4n) is 3.03. The average Bonchev–Trinajstić information content (AvgIpc) is 3.24. The number of halogens is 2. The number of pyridine rings is 1. The fraction of sp³-hybridized carbons (Fsp3) is 0.412. The van der Waals surface area contributed by atoms with Gasteiger partial charge in [-0.2, -0.15) is 5.10 Å². The lowest BCUT2D eigenvalue weighted by Gasteiger charge is -2.17. The summed E-state index contributed by atoms with van der Waals surface area (Å²) < 4.78 is 1.74. The number of hydrogen-bond donors (Lipinski definition) is 3. The van der Waals surface area contributed by atoms with E-state index in [1.165, 1.54) is 0 Å². The first-order valence-electron chi connectivity index (χ1n) is 8.30. The van der Waals surface area contributed by atoms with Gasteiger partial charge in [-0.05, 0) is 17.7 Å². The van der Waals surface area contributed by atoms with Gasteiger partial charge in [-0.3, -0.25) is 19.3 Å². The molecule has 1 aliphatic rings. The number of aryl methyl sites for hydroxylation is 1. The number of aromatic nitrogens is 3. The number of carbonyl (C=O) groups excluding carboxylic acids is 2. The van der Waals surface area contributed by atoms with Crippen molar-refractivity contribution in [3.63, 3.8) is 0 Å². The van der Waals surface area contributed by atoms with Crippen molar-refractivity contribution in [2.24, 2.45) is 13.0 Å². The van der Waals surface area contributed by atoms with Crippen LogP contribution in [-0.2, 0) is 16.6 Å². The molecule has 2 aromatic rings. The minimum Gasteiger partial charge on any atom is -0.355 e. The summed E-state index contributed by atoms with van der Waals surface area (Å²) in [5, 5.41) is 13.0. The molecule has 27 heavy (non-hydrogen) atoms. The van der Waals surface area contributed by atoms with Gasteiger partial charge in [0.25, 0.3) is 0 Å². The predicted octanol–water partition coefficient (Wildman–Crippen LogP) is 1.11. The van der Waals surface area contributed by atoms with E-state index in [0.29, 0.717) is 18.8 Å². The molecular weight excluding hydrogens is 391 g/mol. The Balaban J connectivity index is 0.00000182. The van der Waals surface area contributed by atoms with Gasteiger partial charge in [0.2, 0.25) is 11.8 Å². The maximum absolute atomic E-state index is 12.5. The van der Waals surface area contributed by atoms with E-state index in [0.717, 1.165) is 12.1 Å². The molecule has 1 saturated heterocycles. The highest BCUT2D eigenvalue weighted by molar-refractivity contribution is 5.91. The first-order valence-corrected chi connectivity index (χ1v) is 8.30. The van der Waals surface area contributed by atoms with Crippen molar-refractivity contribution in [2.45, 2.75) is 12.3 Å². The van der Waals surface area contributed by atoms with Crippen LogP contribution in [0.1, 0.15) is 17.9 Å². The molecule has 0 bridgehead atoms. The van der Waals surface area contributed by atoms with Gasteiger partial charge >= 0.3 is 0 Å². The van der Waals surface area contributed by atoms with Crippen molar-refractivity contribution in [3.8, 4) is 0 Å². The number of nitrogens with zero attached hydrogens (tertiary/aromatic N) is 3. The summed E-state index contributed by atoms with van der Waals surface area (Å²) in [6.45, 7) is 1.69. The molecule has 0 aliphatic carbocycles. The molecule has 148 valence electrons. The van der Waals surface area contributed by atoms with E-state index in [-0.39, 0.29) is 54.9 Å². The maximum atomic E-state index is 12.5. The lowest BCUT2D eigenvalue weighted by Crippen LogP contribution is -2.36. The van der Waals surface area contributed by atoms with E-state index in [1.807, 2.05) is 13.2 Å². The van der Waals surface area contributed by atoms with Crippen LogP contribution in [0.4, 0.5) is 5.69 Å². The van der Waals surface area contributed by atoms with E-state index in [2.05, 4.69) is 26.0 Å². The summed E-state index contributed by atoms with van der Waals surface area (Å²) in [6.07, 6.45) is 7.19. The summed E-state index contributed by atoms with van der Waals surface area (Å²) >= 11 is 0. The van der Waals surface area contributed by atoms with Crippen LogP contribution < -0.4 is 16.0 Å². The Kier molecular flexibility index (Phi) is 9.20. The van der Waals surface area contributed by atoms with Gasteiger partial charge in [0.1, 0.15) is 0 Å². The third kappa shape index (κ3) is 6.20. The van der Waals surface area contributed by atoms with Crippen molar-refractivity contribution < 1.29 is 9.59 Å². The number of nitrogens with one attached hydrogen (secondary N) is 3. The molecule has 2 amide bonds. The first-order chi connectivity index (χ1) is 12.1. The monoisotopic (exact) mass is 414 g/mol. The van der Waals surface area contributed by atoms with Crippen LogP contribution in [0.5, 0.6) is 0 Å². The quantitative estimate of drug-likeness (QED) is 0.656. The lowest BCUT2D eigenvalue weighted by molar-refractivity contribution is -0.124. The first kappa shape index (κ1) is 22.9. The maximum Gasteiger partial charge on any atom is 0.226 e. The van der Waals surface area contributed by atoms with Gasteiger partial charge in [-0.1, -0.05) is 0 Å². The van der Waals surface area contributed by atoms with E-state index in [9.17, 15) is 9.59 Å². The van der Waals surface area contributed by atoms with Crippen LogP contribution in [0.15, 0.2) is 36.9 Å². The zero-order chi connectivity index (χ0) is 17.6. The molecule has 3 rings (SSSR count). The van der Waals surface area contributed by atoms with Crippen molar-refractivity contribution in [1.82, 2.24) is 25.4 Å². The zero-order valence-corrected chi connectivity index (χ0v) is 16.6. The second-order valence-electron chi connectivity index (χ2n) is 6.15. The largest absolute Gasteiger partial charge is 0.355 e. The molecule has 0 aromatic carbocycles. The number of anilines is 1. The molecule has 0 saturated carbocycles. The lowest BCUT2D eigenvalue weighted by atomic mass is 9.90. The van der Waals surface area contributed by atoms with Gasteiger partial charge in [-0.15, -0.1) is 24.8 Å². The SMILES string of the molecule is Cl.Cl.Cn1cc([C@H]2CNC[C@@H]2C(=O)NCCC(=O)Nc2cccnc2)cn1. The molecular formula is C17H24Cl2N6O2. The normalized spacial score (nSPS) is 18.1. The molecule has 2 atom stereocenters. The van der Waals surface area contributed by atoms with Crippen LogP contribution in [-0.4, -0.2) is 46.2 Å². The highest BCUT2D eigenvalue weighted by Gasteiger charge is 2.34. The third-order valence-corrected chi connectivity index (χ3v) is 4.30. The molecule has 3 heterocycles. The summed E-state index contributed by atoms with van der Waals surface area (Å²) in [6, 6.07) is 3.52. The molecule has 0 unspecified atom stereocenters. The summed E-state index contributed by atoms with van der Waals surface area (Å²) in [5.74, 6) is -0.224. The van der Waals surface area contributed by atoms with Crippen molar-refractivity contribution in [1.29, 1.82) is 0 Å². The number of carbonyl (C=O) groups is 2. The summed E-state index contributed by atoms with van der Waals surface area (Å²) in [5.41, 5.74) is 1.71. The highest BCUT2D eigenvalue weighted by Crippen LogP contribution is 2.27. The second kappa shape index (κ2) is 10.9. The molecule has 10 heteroatoms. The van der Waals surface area contributed by atoms with Crippen LogP contribution in [0, 0.1) is 5.92 Å². The number of rotatable bonds is 6. The Morgan fingerprint density at radius 2 is 2.11 bits per heavy atom. The fourth-order valence-corrected chi connectivity index (χ4v) is 3.03. The molecule has 3 N–H and O–H groups in total. The number of hydrogen-bond acceptors (Lipinski definition) is 5. The second-order valence-corrected chi connectivity index (χ2v) is 6.15. The van der Waals surface area contributed by atoms with E-state index >= 15 is 0 Å². The zero-order valence-electron chi connectivity index (χ0n) is 14.9. The Morgan fingerprint density at radius 1 is 1.30 bits per heavy atom. The third-order valence-electron chi connectivity index (χ3n) is 4.30. The Labute approximate surface area is 170 Å². The van der Waals surface area contributed by atoms with Crippen LogP contribution in [0.25, 0.3) is 0 Å². The molecule has 8 nitrogen and oxygen atoms in total. The minimum absolute atomic E-state index is 0.